The Balaban J connectivity index is 1.05. The highest BCUT2D eigenvalue weighted by atomic mass is 35.5. The molecule has 0 bridgehead atoms. The molecule has 0 spiro atoms. The molecule has 0 radical (unpaired) electrons. The lowest BCUT2D eigenvalue weighted by Crippen LogP contribution is -2.47. The Morgan fingerprint density at radius 3 is 2.47 bits per heavy atom. The second kappa shape index (κ2) is 9.66. The predicted molar refractivity (Wildman–Crippen MR) is 141 cm³/mol. The third-order valence-corrected chi connectivity index (χ3v) is 7.56. The summed E-state index contributed by atoms with van der Waals surface area (Å²) in [6.45, 7) is 4.06. The number of rotatable bonds is 5. The molecule has 0 saturated carbocycles. The molecule has 1 aromatic carbocycles. The number of hydrogen-bond donors (Lipinski definition) is 2. The Morgan fingerprint density at radius 1 is 0.947 bits per heavy atom. The van der Waals surface area contributed by atoms with E-state index in [9.17, 15) is 5.11 Å². The Bertz CT molecular complexity index is 1430. The first kappa shape index (κ1) is 23.6. The van der Waals surface area contributed by atoms with Gasteiger partial charge in [-0.15, -0.1) is 0 Å². The van der Waals surface area contributed by atoms with Crippen LogP contribution >= 0.6 is 11.6 Å². The molecule has 4 unspecified atom stereocenters. The van der Waals surface area contributed by atoms with Gasteiger partial charge in [0.25, 0.3) is 6.01 Å². The lowest BCUT2D eigenvalue weighted by atomic mass is 10.1. The van der Waals surface area contributed by atoms with Gasteiger partial charge in [-0.2, -0.15) is 4.98 Å². The zero-order valence-corrected chi connectivity index (χ0v) is 21.2. The summed E-state index contributed by atoms with van der Waals surface area (Å²) in [4.78, 5) is 25.6. The predicted octanol–water partition coefficient (Wildman–Crippen LogP) is 2.30. The summed E-state index contributed by atoms with van der Waals surface area (Å²) in [5, 5.41) is 10.5. The molecule has 3 saturated heterocycles. The Labute approximate surface area is 223 Å². The number of ether oxygens (including phenoxy) is 3. The maximum Gasteiger partial charge on any atom is 0.296 e. The van der Waals surface area contributed by atoms with Gasteiger partial charge in [0.15, 0.2) is 11.8 Å². The van der Waals surface area contributed by atoms with Gasteiger partial charge in [0, 0.05) is 49.8 Å². The van der Waals surface area contributed by atoms with Crippen molar-refractivity contribution in [2.75, 3.05) is 49.2 Å². The Kier molecular flexibility index (Phi) is 6.00. The number of aliphatic hydroxyl groups excluding tert-OH is 1. The average Bonchev–Trinajstić information content (AvgIpc) is 3.65. The Morgan fingerprint density at radius 2 is 1.68 bits per heavy atom. The molecule has 4 aromatic rings. The number of nitrogens with zero attached hydrogens (tertiary/aromatic N) is 6. The summed E-state index contributed by atoms with van der Waals surface area (Å²) in [6, 6.07) is 12.2. The van der Waals surface area contributed by atoms with E-state index in [0.29, 0.717) is 34.5 Å². The van der Waals surface area contributed by atoms with E-state index in [4.69, 9.17) is 30.8 Å². The van der Waals surface area contributed by atoms with E-state index in [-0.39, 0.29) is 24.9 Å². The summed E-state index contributed by atoms with van der Waals surface area (Å²) >= 11 is 6.62. The van der Waals surface area contributed by atoms with Crippen molar-refractivity contribution >= 4 is 34.4 Å². The van der Waals surface area contributed by atoms with Gasteiger partial charge in [-0.05, 0) is 24.3 Å². The fraction of sp³-hybridized carbons (Fsp3) is 0.385. The maximum absolute atomic E-state index is 9.95. The van der Waals surface area contributed by atoms with Crippen molar-refractivity contribution in [3.05, 3.63) is 53.8 Å². The van der Waals surface area contributed by atoms with E-state index in [1.54, 1.807) is 12.4 Å². The van der Waals surface area contributed by atoms with Crippen molar-refractivity contribution < 1.29 is 19.3 Å². The number of imidazole rings is 1. The van der Waals surface area contributed by atoms with E-state index < -0.39 is 6.10 Å². The number of aromatic amines is 1. The van der Waals surface area contributed by atoms with Gasteiger partial charge in [0.2, 0.25) is 5.95 Å². The smallest absolute Gasteiger partial charge is 0.296 e. The molecule has 3 fully saturated rings. The van der Waals surface area contributed by atoms with Crippen LogP contribution in [-0.4, -0.2) is 93.8 Å². The fourth-order valence-electron chi connectivity index (χ4n) is 5.29. The number of benzene rings is 1. The molecule has 4 atom stereocenters. The molecule has 3 aliphatic rings. The molecule has 6 heterocycles. The normalized spacial score (nSPS) is 25.2. The zero-order chi connectivity index (χ0) is 25.6. The fourth-order valence-corrected chi connectivity index (χ4v) is 5.55. The van der Waals surface area contributed by atoms with Crippen LogP contribution in [0, 0.1) is 0 Å². The molecule has 196 valence electrons. The molecule has 0 amide bonds. The number of fused-ring (bicyclic) bond motifs is 2. The molecule has 7 rings (SSSR count). The number of pyridine rings is 1. The summed E-state index contributed by atoms with van der Waals surface area (Å²) in [7, 11) is 0. The van der Waals surface area contributed by atoms with Gasteiger partial charge in [-0.1, -0.05) is 23.7 Å². The zero-order valence-electron chi connectivity index (χ0n) is 20.4. The van der Waals surface area contributed by atoms with E-state index in [0.717, 1.165) is 43.4 Å². The number of H-pyrrole nitrogens is 1. The van der Waals surface area contributed by atoms with Gasteiger partial charge in [-0.3, -0.25) is 0 Å². The highest BCUT2D eigenvalue weighted by Crippen LogP contribution is 2.33. The minimum absolute atomic E-state index is 0.244. The number of aromatic nitrogens is 5. The number of hydrogen-bond acceptors (Lipinski definition) is 10. The summed E-state index contributed by atoms with van der Waals surface area (Å²) in [5.41, 5.74) is 3.88. The topological polar surface area (TPSA) is 122 Å². The minimum atomic E-state index is -0.632. The molecule has 12 heteroatoms. The minimum Gasteiger partial charge on any atom is -0.456 e. The third-order valence-electron chi connectivity index (χ3n) is 7.27. The molecule has 3 aromatic heterocycles. The second-order valence-electron chi connectivity index (χ2n) is 9.62. The molecule has 3 aliphatic heterocycles. The molecule has 2 N–H and O–H groups in total. The number of halogens is 1. The van der Waals surface area contributed by atoms with Crippen LogP contribution in [0.25, 0.3) is 22.4 Å². The van der Waals surface area contributed by atoms with Gasteiger partial charge >= 0.3 is 0 Å². The van der Waals surface area contributed by atoms with Crippen molar-refractivity contribution in [1.82, 2.24) is 24.9 Å². The standard InChI is InChI=1S/C26H26ClN7O4/c27-17-12-18-24(32-26(30-18)38-20-14-37-22-19(35)13-36-23(20)22)31-21(17)15-2-4-16(5-3-15)33-8-10-34(11-9-33)25-28-6-1-7-29-25/h1-7,12,19-20,22-23,35H,8-11,13-14H2,(H,30,31,32). The van der Waals surface area contributed by atoms with Crippen LogP contribution < -0.4 is 14.5 Å². The molecular formula is C26H26ClN7O4. The summed E-state index contributed by atoms with van der Waals surface area (Å²) in [6.07, 6.45) is 1.87. The van der Waals surface area contributed by atoms with Crippen molar-refractivity contribution in [2.45, 2.75) is 24.4 Å². The van der Waals surface area contributed by atoms with Gasteiger partial charge < -0.3 is 34.1 Å². The highest BCUT2D eigenvalue weighted by Gasteiger charge is 2.48. The Hall–Kier alpha value is -3.51. The SMILES string of the molecule is OC1COC2C(Oc3nc4nc(-c5ccc(N6CCN(c7ncccn7)CC6)cc5)c(Cl)cc4[nH]3)COC12. The molecular weight excluding hydrogens is 510 g/mol. The molecule has 0 aliphatic carbocycles. The van der Waals surface area contributed by atoms with Gasteiger partial charge in [0.1, 0.15) is 18.3 Å². The molecule has 38 heavy (non-hydrogen) atoms. The quantitative estimate of drug-likeness (QED) is 0.393. The van der Waals surface area contributed by atoms with Crippen LogP contribution in [0.2, 0.25) is 5.02 Å². The lowest BCUT2D eigenvalue weighted by Gasteiger charge is -2.36. The third kappa shape index (κ3) is 4.31. The van der Waals surface area contributed by atoms with Crippen LogP contribution in [0.4, 0.5) is 11.6 Å². The van der Waals surface area contributed by atoms with E-state index in [1.165, 1.54) is 0 Å². The highest BCUT2D eigenvalue weighted by molar-refractivity contribution is 6.33. The largest absolute Gasteiger partial charge is 0.456 e. The first-order valence-electron chi connectivity index (χ1n) is 12.6. The van der Waals surface area contributed by atoms with Gasteiger partial charge in [-0.25, -0.2) is 15.0 Å². The van der Waals surface area contributed by atoms with Crippen LogP contribution in [0.3, 0.4) is 0 Å². The lowest BCUT2D eigenvalue weighted by molar-refractivity contribution is 0.00706. The second-order valence-corrected chi connectivity index (χ2v) is 10.0. The van der Waals surface area contributed by atoms with Crippen LogP contribution in [-0.2, 0) is 9.47 Å². The van der Waals surface area contributed by atoms with E-state index >= 15 is 0 Å². The van der Waals surface area contributed by atoms with Crippen LogP contribution in [0.15, 0.2) is 48.8 Å². The van der Waals surface area contributed by atoms with Crippen molar-refractivity contribution in [2.24, 2.45) is 0 Å². The van der Waals surface area contributed by atoms with Crippen molar-refractivity contribution in [3.63, 3.8) is 0 Å². The summed E-state index contributed by atoms with van der Waals surface area (Å²) in [5.74, 6) is 0.775. The number of anilines is 2. The monoisotopic (exact) mass is 535 g/mol. The van der Waals surface area contributed by atoms with Crippen molar-refractivity contribution in [1.29, 1.82) is 0 Å². The molecule has 11 nitrogen and oxygen atoms in total. The maximum atomic E-state index is 9.95. The van der Waals surface area contributed by atoms with Crippen LogP contribution in [0.1, 0.15) is 0 Å². The van der Waals surface area contributed by atoms with Crippen molar-refractivity contribution in [3.8, 4) is 17.3 Å². The van der Waals surface area contributed by atoms with E-state index in [1.807, 2.05) is 24.3 Å². The van der Waals surface area contributed by atoms with E-state index in [2.05, 4.69) is 41.9 Å². The van der Waals surface area contributed by atoms with Gasteiger partial charge in [0.05, 0.1) is 29.4 Å². The number of piperazine rings is 1. The van der Waals surface area contributed by atoms with Crippen LogP contribution in [0.5, 0.6) is 6.01 Å². The first-order chi connectivity index (χ1) is 18.6. The number of nitrogens with one attached hydrogen (secondary N) is 1. The average molecular weight is 536 g/mol. The number of aliphatic hydroxyl groups is 1. The summed E-state index contributed by atoms with van der Waals surface area (Å²) < 4.78 is 17.3. The first-order valence-corrected chi connectivity index (χ1v) is 13.0.